The molecule has 1 aliphatic heterocycles. The van der Waals surface area contributed by atoms with Gasteiger partial charge in [-0.2, -0.15) is 0 Å². The largest absolute Gasteiger partial charge is 0.360 e. The number of nitrogens with zero attached hydrogens (tertiary/aromatic N) is 3. The summed E-state index contributed by atoms with van der Waals surface area (Å²) in [6.07, 6.45) is 9.18. The van der Waals surface area contributed by atoms with Crippen molar-refractivity contribution in [1.29, 1.82) is 0 Å². The van der Waals surface area contributed by atoms with Crippen molar-refractivity contribution in [3.05, 3.63) is 60.2 Å². The Morgan fingerprint density at radius 1 is 1.13 bits per heavy atom. The first-order chi connectivity index (χ1) is 11.3. The van der Waals surface area contributed by atoms with Crippen LogP contribution in [0.15, 0.2) is 49.1 Å². The lowest BCUT2D eigenvalue weighted by Gasteiger charge is -2.32. The number of likely N-dealkylation sites (tertiary alicyclic amines) is 1. The predicted octanol–water partition coefficient (Wildman–Crippen LogP) is 2.98. The van der Waals surface area contributed by atoms with Crippen LogP contribution in [0.2, 0.25) is 0 Å². The van der Waals surface area contributed by atoms with Gasteiger partial charge in [0, 0.05) is 43.4 Å². The Labute approximate surface area is 134 Å². The molecule has 0 saturated carbocycles. The molecule has 4 rings (SSSR count). The Hall–Kier alpha value is -2.69. The molecule has 1 aliphatic rings. The van der Waals surface area contributed by atoms with Crippen LogP contribution in [0.25, 0.3) is 11.0 Å². The lowest BCUT2D eigenvalue weighted by molar-refractivity contribution is 0.0713. The average molecular weight is 306 g/mol. The first-order valence-corrected chi connectivity index (χ1v) is 7.94. The van der Waals surface area contributed by atoms with Crippen molar-refractivity contribution in [3.63, 3.8) is 0 Å². The molecule has 116 valence electrons. The number of amides is 1. The van der Waals surface area contributed by atoms with E-state index in [4.69, 9.17) is 0 Å². The summed E-state index contributed by atoms with van der Waals surface area (Å²) < 4.78 is 0. The number of nitrogens with one attached hydrogen (secondary N) is 1. The number of aromatic nitrogens is 3. The third-order valence-corrected chi connectivity index (χ3v) is 4.61. The summed E-state index contributed by atoms with van der Waals surface area (Å²) in [6.45, 7) is 1.57. The second-order valence-electron chi connectivity index (χ2n) is 5.95. The molecule has 0 bridgehead atoms. The lowest BCUT2D eigenvalue weighted by atomic mass is 9.90. The summed E-state index contributed by atoms with van der Waals surface area (Å²) >= 11 is 0. The van der Waals surface area contributed by atoms with Crippen LogP contribution in [-0.2, 0) is 0 Å². The van der Waals surface area contributed by atoms with E-state index in [0.717, 1.165) is 37.0 Å². The van der Waals surface area contributed by atoms with Gasteiger partial charge in [-0.1, -0.05) is 0 Å². The minimum Gasteiger partial charge on any atom is -0.360 e. The minimum absolute atomic E-state index is 0.0999. The van der Waals surface area contributed by atoms with Gasteiger partial charge in [-0.25, -0.2) is 0 Å². The Kier molecular flexibility index (Phi) is 3.54. The van der Waals surface area contributed by atoms with Gasteiger partial charge in [0.2, 0.25) is 0 Å². The van der Waals surface area contributed by atoms with Crippen LogP contribution in [0.4, 0.5) is 0 Å². The molecule has 1 N–H and O–H groups in total. The zero-order valence-corrected chi connectivity index (χ0v) is 12.8. The quantitative estimate of drug-likeness (QED) is 0.791. The summed E-state index contributed by atoms with van der Waals surface area (Å²) in [4.78, 5) is 26.2. The zero-order valence-electron chi connectivity index (χ0n) is 12.8. The van der Waals surface area contributed by atoms with Gasteiger partial charge in [-0.05, 0) is 48.6 Å². The van der Waals surface area contributed by atoms with Crippen molar-refractivity contribution >= 4 is 16.9 Å². The molecule has 3 aromatic rings. The first kappa shape index (κ1) is 13.9. The molecule has 0 spiro atoms. The molecule has 1 fully saturated rings. The number of H-pyrrole nitrogens is 1. The molecule has 0 aliphatic carbocycles. The van der Waals surface area contributed by atoms with Gasteiger partial charge in [-0.3, -0.25) is 14.8 Å². The van der Waals surface area contributed by atoms with Gasteiger partial charge in [0.1, 0.15) is 0 Å². The van der Waals surface area contributed by atoms with Crippen molar-refractivity contribution in [1.82, 2.24) is 19.9 Å². The maximum atomic E-state index is 12.5. The van der Waals surface area contributed by atoms with E-state index >= 15 is 0 Å². The summed E-state index contributed by atoms with van der Waals surface area (Å²) in [5.74, 6) is 0.558. The van der Waals surface area contributed by atoms with Crippen LogP contribution >= 0.6 is 0 Å². The highest BCUT2D eigenvalue weighted by Crippen LogP contribution is 2.32. The highest BCUT2D eigenvalue weighted by Gasteiger charge is 2.26. The minimum atomic E-state index is 0.0999. The fourth-order valence-electron chi connectivity index (χ4n) is 3.36. The summed E-state index contributed by atoms with van der Waals surface area (Å²) in [7, 11) is 0. The molecule has 1 saturated heterocycles. The number of aromatic amines is 1. The number of hydrogen-bond acceptors (Lipinski definition) is 3. The molecule has 0 atom stereocenters. The molecule has 23 heavy (non-hydrogen) atoms. The van der Waals surface area contributed by atoms with Crippen LogP contribution < -0.4 is 0 Å². The highest BCUT2D eigenvalue weighted by atomic mass is 16.2. The predicted molar refractivity (Wildman–Crippen MR) is 88.2 cm³/mol. The monoisotopic (exact) mass is 306 g/mol. The van der Waals surface area contributed by atoms with Gasteiger partial charge in [0.15, 0.2) is 0 Å². The van der Waals surface area contributed by atoms with Crippen LogP contribution in [0.3, 0.4) is 0 Å². The Morgan fingerprint density at radius 3 is 2.70 bits per heavy atom. The third-order valence-electron chi connectivity index (χ3n) is 4.61. The van der Waals surface area contributed by atoms with E-state index in [-0.39, 0.29) is 5.91 Å². The van der Waals surface area contributed by atoms with E-state index in [1.54, 1.807) is 24.5 Å². The third kappa shape index (κ3) is 2.59. The van der Waals surface area contributed by atoms with Gasteiger partial charge >= 0.3 is 0 Å². The molecule has 4 heterocycles. The van der Waals surface area contributed by atoms with E-state index in [0.29, 0.717) is 11.5 Å². The fraction of sp³-hybridized carbons (Fsp3) is 0.278. The van der Waals surface area contributed by atoms with Crippen molar-refractivity contribution in [2.75, 3.05) is 13.1 Å². The van der Waals surface area contributed by atoms with Crippen LogP contribution in [0.5, 0.6) is 0 Å². The number of fused-ring (bicyclic) bond motifs is 1. The molecule has 0 unspecified atom stereocenters. The number of carbonyl (C=O) groups excluding carboxylic acids is 1. The van der Waals surface area contributed by atoms with E-state index in [9.17, 15) is 4.79 Å². The standard InChI is InChI=1S/C18H18N4O/c23-18(14-3-8-19-9-4-14)22-10-5-13(6-11-22)15-12-21-16-2-1-7-20-17(15)16/h1-4,7-9,12-13,21H,5-6,10-11H2. The number of hydrogen-bond donors (Lipinski definition) is 1. The maximum absolute atomic E-state index is 12.5. The van der Waals surface area contributed by atoms with Gasteiger partial charge in [-0.15, -0.1) is 0 Å². The van der Waals surface area contributed by atoms with E-state index < -0.39 is 0 Å². The Bertz CT molecular complexity index is 819. The number of pyridine rings is 2. The molecule has 0 radical (unpaired) electrons. The van der Waals surface area contributed by atoms with Crippen LogP contribution in [0.1, 0.15) is 34.7 Å². The van der Waals surface area contributed by atoms with E-state index in [1.807, 2.05) is 23.2 Å². The second kappa shape index (κ2) is 5.83. The second-order valence-corrected chi connectivity index (χ2v) is 5.95. The fourth-order valence-corrected chi connectivity index (χ4v) is 3.36. The molecule has 3 aromatic heterocycles. The molecule has 1 amide bonds. The summed E-state index contributed by atoms with van der Waals surface area (Å²) in [5.41, 5.74) is 4.13. The Balaban J connectivity index is 1.48. The molecule has 0 aromatic carbocycles. The van der Waals surface area contributed by atoms with Gasteiger partial charge < -0.3 is 9.88 Å². The number of rotatable bonds is 2. The van der Waals surface area contributed by atoms with E-state index in [1.165, 1.54) is 5.56 Å². The number of carbonyl (C=O) groups is 1. The van der Waals surface area contributed by atoms with Crippen LogP contribution in [0, 0.1) is 0 Å². The van der Waals surface area contributed by atoms with E-state index in [2.05, 4.69) is 21.1 Å². The number of piperidine rings is 1. The topological polar surface area (TPSA) is 61.9 Å². The van der Waals surface area contributed by atoms with Gasteiger partial charge in [0.05, 0.1) is 11.0 Å². The molecular formula is C18H18N4O. The van der Waals surface area contributed by atoms with Crippen molar-refractivity contribution < 1.29 is 4.79 Å². The highest BCUT2D eigenvalue weighted by molar-refractivity contribution is 5.94. The average Bonchev–Trinajstić information content (AvgIpc) is 3.06. The maximum Gasteiger partial charge on any atom is 0.253 e. The first-order valence-electron chi connectivity index (χ1n) is 7.94. The van der Waals surface area contributed by atoms with Crippen LogP contribution in [-0.4, -0.2) is 38.8 Å². The SMILES string of the molecule is O=C(c1ccncc1)N1CCC(c2c[nH]c3cccnc23)CC1. The van der Waals surface area contributed by atoms with Crippen molar-refractivity contribution in [2.24, 2.45) is 0 Å². The van der Waals surface area contributed by atoms with Crippen molar-refractivity contribution in [3.8, 4) is 0 Å². The molecule has 5 nitrogen and oxygen atoms in total. The molecular weight excluding hydrogens is 288 g/mol. The van der Waals surface area contributed by atoms with Crippen molar-refractivity contribution in [2.45, 2.75) is 18.8 Å². The Morgan fingerprint density at radius 2 is 1.91 bits per heavy atom. The zero-order chi connectivity index (χ0) is 15.6. The molecule has 5 heteroatoms. The smallest absolute Gasteiger partial charge is 0.253 e. The van der Waals surface area contributed by atoms with Gasteiger partial charge in [0.25, 0.3) is 5.91 Å². The summed E-state index contributed by atoms with van der Waals surface area (Å²) in [6, 6.07) is 7.54. The summed E-state index contributed by atoms with van der Waals surface area (Å²) in [5, 5.41) is 0. The normalized spacial score (nSPS) is 15.9. The lowest BCUT2D eigenvalue weighted by Crippen LogP contribution is -2.37.